The third kappa shape index (κ3) is 3.33. The van der Waals surface area contributed by atoms with Gasteiger partial charge in [-0.3, -0.25) is 10.2 Å². The Labute approximate surface area is 165 Å². The Morgan fingerprint density at radius 2 is 1.54 bits per heavy atom. The number of nitrogens with one attached hydrogen (secondary N) is 2. The minimum absolute atomic E-state index is 0.0905. The van der Waals surface area contributed by atoms with Crippen LogP contribution >= 0.6 is 0 Å². The smallest absolute Gasteiger partial charge is 0.257 e. The summed E-state index contributed by atoms with van der Waals surface area (Å²) in [4.78, 5) is 15.0. The Morgan fingerprint density at radius 3 is 2.18 bits per heavy atom. The highest BCUT2D eigenvalue weighted by Gasteiger charge is 2.51. The molecule has 2 N–H and O–H groups in total. The van der Waals surface area contributed by atoms with E-state index in [-0.39, 0.29) is 16.2 Å². The largest absolute Gasteiger partial charge is 0.278 e. The van der Waals surface area contributed by atoms with E-state index in [1.807, 2.05) is 24.3 Å². The molecule has 4 fully saturated rings. The van der Waals surface area contributed by atoms with Crippen LogP contribution in [0.4, 0.5) is 0 Å². The maximum Gasteiger partial charge on any atom is 0.257 e. The average molecular weight is 399 g/mol. The molecule has 0 atom stereocenters. The first-order valence-electron chi connectivity index (χ1n) is 10.2. The van der Waals surface area contributed by atoms with Crippen molar-refractivity contribution >= 4 is 26.7 Å². The monoisotopic (exact) mass is 398 g/mol. The van der Waals surface area contributed by atoms with Crippen LogP contribution in [0.2, 0.25) is 0 Å². The van der Waals surface area contributed by atoms with Gasteiger partial charge in [-0.2, -0.15) is 0 Å². The van der Waals surface area contributed by atoms with Crippen molar-refractivity contribution in [3.63, 3.8) is 0 Å². The van der Waals surface area contributed by atoms with Gasteiger partial charge in [-0.15, -0.1) is 4.83 Å². The molecule has 148 valence electrons. The van der Waals surface area contributed by atoms with Gasteiger partial charge in [0.15, 0.2) is 0 Å². The van der Waals surface area contributed by atoms with Gasteiger partial charge < -0.3 is 0 Å². The van der Waals surface area contributed by atoms with Crippen LogP contribution in [0.25, 0.3) is 10.8 Å². The normalized spacial score (nSPS) is 31.2. The lowest BCUT2D eigenvalue weighted by atomic mass is 9.49. The molecule has 4 aliphatic carbocycles. The van der Waals surface area contributed by atoms with Gasteiger partial charge in [-0.05, 0) is 84.6 Å². The lowest BCUT2D eigenvalue weighted by Gasteiger charge is -2.56. The molecule has 0 aliphatic heterocycles. The Bertz CT molecular complexity index is 996. The summed E-state index contributed by atoms with van der Waals surface area (Å²) in [6.45, 7) is 0. The van der Waals surface area contributed by atoms with Crippen molar-refractivity contribution in [2.45, 2.75) is 49.8 Å². The van der Waals surface area contributed by atoms with E-state index < -0.39 is 10.0 Å². The van der Waals surface area contributed by atoms with E-state index in [0.29, 0.717) is 6.42 Å². The predicted molar refractivity (Wildman–Crippen MR) is 108 cm³/mol. The van der Waals surface area contributed by atoms with E-state index in [2.05, 4.69) is 10.3 Å². The van der Waals surface area contributed by atoms with Crippen molar-refractivity contribution in [3.05, 3.63) is 42.5 Å². The van der Waals surface area contributed by atoms with Gasteiger partial charge >= 0.3 is 0 Å². The zero-order valence-electron chi connectivity index (χ0n) is 15.9. The summed E-state index contributed by atoms with van der Waals surface area (Å²) in [5.41, 5.74) is 2.56. The van der Waals surface area contributed by atoms with Crippen molar-refractivity contribution in [1.29, 1.82) is 0 Å². The number of carbonyl (C=O) groups excluding carboxylic acids is 1. The van der Waals surface area contributed by atoms with E-state index in [4.69, 9.17) is 0 Å². The van der Waals surface area contributed by atoms with Gasteiger partial charge in [-0.25, -0.2) is 8.42 Å². The minimum Gasteiger partial charge on any atom is -0.278 e. The quantitative estimate of drug-likeness (QED) is 0.753. The summed E-state index contributed by atoms with van der Waals surface area (Å²) in [5.74, 6) is 2.10. The van der Waals surface area contributed by atoms with Crippen LogP contribution in [0.5, 0.6) is 0 Å². The Kier molecular flexibility index (Phi) is 4.25. The molecule has 5 nitrogen and oxygen atoms in total. The van der Waals surface area contributed by atoms with Crippen molar-refractivity contribution in [3.8, 4) is 0 Å². The Balaban J connectivity index is 1.25. The first-order chi connectivity index (χ1) is 13.4. The number of hydrogen-bond acceptors (Lipinski definition) is 3. The first kappa shape index (κ1) is 18.1. The van der Waals surface area contributed by atoms with Gasteiger partial charge in [0.2, 0.25) is 5.91 Å². The van der Waals surface area contributed by atoms with Crippen LogP contribution in [0.15, 0.2) is 47.4 Å². The van der Waals surface area contributed by atoms with Gasteiger partial charge in [0.1, 0.15) is 0 Å². The summed E-state index contributed by atoms with van der Waals surface area (Å²) < 4.78 is 25.2. The van der Waals surface area contributed by atoms with Crippen LogP contribution in [0, 0.1) is 23.2 Å². The van der Waals surface area contributed by atoms with Gasteiger partial charge in [0, 0.05) is 6.42 Å². The summed E-state index contributed by atoms with van der Waals surface area (Å²) in [5, 5.41) is 1.83. The molecular formula is C22H26N2O3S. The van der Waals surface area contributed by atoms with Crippen molar-refractivity contribution in [2.24, 2.45) is 23.2 Å². The van der Waals surface area contributed by atoms with E-state index in [1.54, 1.807) is 18.2 Å². The average Bonchev–Trinajstić information content (AvgIpc) is 2.64. The highest BCUT2D eigenvalue weighted by atomic mass is 32.2. The van der Waals surface area contributed by atoms with E-state index in [9.17, 15) is 13.2 Å². The number of hydrogen-bond donors (Lipinski definition) is 2. The molecule has 0 heterocycles. The summed E-state index contributed by atoms with van der Waals surface area (Å²) in [7, 11) is -3.79. The Morgan fingerprint density at radius 1 is 0.929 bits per heavy atom. The molecule has 2 aromatic rings. The van der Waals surface area contributed by atoms with Gasteiger partial charge in [0.25, 0.3) is 10.0 Å². The number of fused-ring (bicyclic) bond motifs is 1. The number of carbonyl (C=O) groups is 1. The molecule has 0 radical (unpaired) electrons. The molecule has 0 aromatic heterocycles. The van der Waals surface area contributed by atoms with Crippen molar-refractivity contribution in [1.82, 2.24) is 10.3 Å². The second-order valence-corrected chi connectivity index (χ2v) is 10.9. The molecule has 6 heteroatoms. The van der Waals surface area contributed by atoms with Crippen LogP contribution in [0.3, 0.4) is 0 Å². The standard InChI is InChI=1S/C22H26N2O3S/c25-21(14-22-11-15-7-16(12-22)9-17(8-15)13-22)23-24-28(26,27)20-6-5-18-3-1-2-4-19(18)10-20/h1-6,10,15-17,24H,7-9,11-14H2,(H,23,25). The molecule has 4 saturated carbocycles. The fraction of sp³-hybridized carbons (Fsp3) is 0.500. The summed E-state index contributed by atoms with van der Waals surface area (Å²) in [6.07, 6.45) is 7.80. The maximum absolute atomic E-state index is 12.6. The minimum atomic E-state index is -3.79. The molecule has 0 saturated heterocycles. The van der Waals surface area contributed by atoms with Crippen LogP contribution in [-0.2, 0) is 14.8 Å². The lowest BCUT2D eigenvalue weighted by Crippen LogP contribution is -2.50. The summed E-state index contributed by atoms with van der Waals surface area (Å²) in [6, 6.07) is 12.6. The highest BCUT2D eigenvalue weighted by Crippen LogP contribution is 2.61. The van der Waals surface area contributed by atoms with E-state index in [0.717, 1.165) is 47.8 Å². The van der Waals surface area contributed by atoms with Crippen LogP contribution in [0.1, 0.15) is 44.9 Å². The molecule has 1 amide bonds. The number of rotatable bonds is 5. The summed E-state index contributed by atoms with van der Waals surface area (Å²) >= 11 is 0. The topological polar surface area (TPSA) is 75.3 Å². The number of sulfonamides is 1. The van der Waals surface area contributed by atoms with E-state index in [1.165, 1.54) is 19.3 Å². The molecule has 6 rings (SSSR count). The molecular weight excluding hydrogens is 372 g/mol. The second-order valence-electron chi connectivity index (χ2n) is 9.26. The molecule has 0 unspecified atom stereocenters. The van der Waals surface area contributed by atoms with Gasteiger partial charge in [-0.1, -0.05) is 30.3 Å². The SMILES string of the molecule is O=C(CC12CC3CC(CC(C3)C1)C2)NNS(=O)(=O)c1ccc2ccccc2c1. The van der Waals surface area contributed by atoms with Crippen molar-refractivity contribution in [2.75, 3.05) is 0 Å². The van der Waals surface area contributed by atoms with Crippen LogP contribution < -0.4 is 10.3 Å². The fourth-order valence-electron chi connectivity index (χ4n) is 6.41. The third-order valence-corrected chi connectivity index (χ3v) is 8.30. The molecule has 4 bridgehead atoms. The number of amides is 1. The maximum atomic E-state index is 12.6. The van der Waals surface area contributed by atoms with E-state index >= 15 is 0 Å². The van der Waals surface area contributed by atoms with Crippen molar-refractivity contribution < 1.29 is 13.2 Å². The molecule has 28 heavy (non-hydrogen) atoms. The highest BCUT2D eigenvalue weighted by molar-refractivity contribution is 7.89. The second kappa shape index (κ2) is 6.56. The Hall–Kier alpha value is -1.92. The number of benzene rings is 2. The third-order valence-electron chi connectivity index (χ3n) is 7.06. The molecule has 2 aromatic carbocycles. The molecule has 4 aliphatic rings. The number of hydrazine groups is 1. The lowest BCUT2D eigenvalue weighted by molar-refractivity contribution is -0.129. The van der Waals surface area contributed by atoms with Crippen LogP contribution in [-0.4, -0.2) is 14.3 Å². The predicted octanol–water partition coefficient (Wildman–Crippen LogP) is 3.76. The zero-order valence-corrected chi connectivity index (χ0v) is 16.7. The first-order valence-corrected chi connectivity index (χ1v) is 11.7. The zero-order chi connectivity index (χ0) is 19.4. The molecule has 0 spiro atoms. The van der Waals surface area contributed by atoms with Gasteiger partial charge in [0.05, 0.1) is 4.90 Å². The fourth-order valence-corrected chi connectivity index (χ4v) is 7.30.